The van der Waals surface area contributed by atoms with Gasteiger partial charge in [-0.2, -0.15) is 0 Å². The lowest BCUT2D eigenvalue weighted by molar-refractivity contribution is 0.0841. The summed E-state index contributed by atoms with van der Waals surface area (Å²) in [5.74, 6) is 1.49. The van der Waals surface area contributed by atoms with E-state index in [2.05, 4.69) is 20.2 Å². The molecule has 3 aromatic rings. The number of fused-ring (bicyclic) bond motifs is 1. The normalized spacial score (nSPS) is 18.4. The number of aliphatic hydroxyl groups is 1. The summed E-state index contributed by atoms with van der Waals surface area (Å²) < 4.78 is 16.4. The summed E-state index contributed by atoms with van der Waals surface area (Å²) >= 11 is 6.62. The molecule has 1 saturated heterocycles. The molecule has 2 aromatic heterocycles. The average molecular weight is 527 g/mol. The van der Waals surface area contributed by atoms with Crippen molar-refractivity contribution in [1.82, 2.24) is 20.2 Å². The van der Waals surface area contributed by atoms with Crippen molar-refractivity contribution in [2.45, 2.75) is 38.5 Å². The lowest BCUT2D eigenvalue weighted by atomic mass is 9.99. The Balaban J connectivity index is 1.10. The van der Waals surface area contributed by atoms with E-state index in [0.717, 1.165) is 55.7 Å². The molecule has 10 heteroatoms. The van der Waals surface area contributed by atoms with E-state index in [0.29, 0.717) is 41.1 Å². The first kappa shape index (κ1) is 25.7. The van der Waals surface area contributed by atoms with Gasteiger partial charge in [-0.15, -0.1) is 0 Å². The first-order valence-corrected chi connectivity index (χ1v) is 12.9. The van der Waals surface area contributed by atoms with Crippen molar-refractivity contribution < 1.29 is 23.8 Å². The number of nitrogens with zero attached hydrogens (tertiary/aromatic N) is 3. The van der Waals surface area contributed by atoms with Crippen LogP contribution >= 0.6 is 11.6 Å². The second kappa shape index (κ2) is 12.0. The van der Waals surface area contributed by atoms with Crippen LogP contribution in [0, 0.1) is 5.92 Å². The van der Waals surface area contributed by atoms with Gasteiger partial charge in [0, 0.05) is 51.8 Å². The van der Waals surface area contributed by atoms with Gasteiger partial charge in [-0.25, -0.2) is 4.98 Å². The molecule has 1 unspecified atom stereocenters. The van der Waals surface area contributed by atoms with E-state index in [9.17, 15) is 9.90 Å². The number of hydrogen-bond donors (Lipinski definition) is 2. The van der Waals surface area contributed by atoms with Crippen LogP contribution in [0.2, 0.25) is 5.02 Å². The lowest BCUT2D eigenvalue weighted by Gasteiger charge is -2.31. The SMILES string of the molecule is O=C(NC[C@H](O)CN1CCc2c(ccc(OCc3cnco3)c2Cl)C1)c1cncc(CC2CCOC2)c1. The number of pyridine rings is 1. The first-order valence-electron chi connectivity index (χ1n) is 12.6. The minimum atomic E-state index is -0.697. The van der Waals surface area contributed by atoms with Crippen molar-refractivity contribution in [2.24, 2.45) is 5.92 Å². The monoisotopic (exact) mass is 526 g/mol. The van der Waals surface area contributed by atoms with E-state index in [1.54, 1.807) is 18.6 Å². The Hall–Kier alpha value is -2.98. The standard InChI is InChI=1S/C27H31ClN4O5/c28-26-24-3-5-32(13-20(24)1-2-25(26)36-16-23-12-30-17-37-23)14-22(33)11-31-27(34)21-8-19(9-29-10-21)7-18-4-6-35-15-18/h1-2,8-10,12,17-18,22,33H,3-7,11,13-16H2,(H,31,34)/t18?,22-/m0/s1. The third-order valence-electron chi connectivity index (χ3n) is 6.80. The molecule has 1 fully saturated rings. The second-order valence-electron chi connectivity index (χ2n) is 9.64. The number of rotatable bonds is 10. The number of halogens is 1. The van der Waals surface area contributed by atoms with E-state index >= 15 is 0 Å². The number of amides is 1. The summed E-state index contributed by atoms with van der Waals surface area (Å²) in [6.07, 6.45) is 8.28. The summed E-state index contributed by atoms with van der Waals surface area (Å²) in [5, 5.41) is 14.1. The maximum absolute atomic E-state index is 12.7. The maximum atomic E-state index is 12.7. The number of benzene rings is 1. The molecule has 0 spiro atoms. The molecule has 2 N–H and O–H groups in total. The highest BCUT2D eigenvalue weighted by Gasteiger charge is 2.23. The average Bonchev–Trinajstić information content (AvgIpc) is 3.62. The summed E-state index contributed by atoms with van der Waals surface area (Å²) in [7, 11) is 0. The smallest absolute Gasteiger partial charge is 0.252 e. The molecule has 37 heavy (non-hydrogen) atoms. The van der Waals surface area contributed by atoms with Crippen LogP contribution in [-0.2, 0) is 30.7 Å². The van der Waals surface area contributed by atoms with Crippen LogP contribution in [-0.4, -0.2) is 64.8 Å². The van der Waals surface area contributed by atoms with E-state index in [4.69, 9.17) is 25.5 Å². The highest BCUT2D eigenvalue weighted by molar-refractivity contribution is 6.33. The number of hydrogen-bond acceptors (Lipinski definition) is 8. The van der Waals surface area contributed by atoms with Crippen molar-refractivity contribution in [2.75, 3.05) is 32.8 Å². The zero-order valence-electron chi connectivity index (χ0n) is 20.6. The van der Waals surface area contributed by atoms with Gasteiger partial charge >= 0.3 is 0 Å². The van der Waals surface area contributed by atoms with E-state index < -0.39 is 6.10 Å². The van der Waals surface area contributed by atoms with Gasteiger partial charge in [0.1, 0.15) is 12.4 Å². The Bertz CT molecular complexity index is 1200. The first-order chi connectivity index (χ1) is 18.0. The van der Waals surface area contributed by atoms with Gasteiger partial charge in [-0.1, -0.05) is 17.7 Å². The number of oxazole rings is 1. The second-order valence-corrected chi connectivity index (χ2v) is 10.0. The van der Waals surface area contributed by atoms with E-state index in [1.165, 1.54) is 6.39 Å². The number of carbonyl (C=O) groups is 1. The Morgan fingerprint density at radius 2 is 2.22 bits per heavy atom. The zero-order chi connectivity index (χ0) is 25.6. The summed E-state index contributed by atoms with van der Waals surface area (Å²) in [6.45, 7) is 3.84. The molecular weight excluding hydrogens is 496 g/mol. The molecule has 2 aliphatic rings. The van der Waals surface area contributed by atoms with Crippen molar-refractivity contribution in [3.05, 3.63) is 76.2 Å². The molecule has 5 rings (SSSR count). The Kier molecular flexibility index (Phi) is 8.35. The fourth-order valence-electron chi connectivity index (χ4n) is 4.85. The summed E-state index contributed by atoms with van der Waals surface area (Å²) in [5.41, 5.74) is 3.70. The fraction of sp³-hybridized carbons (Fsp3) is 0.444. The molecule has 4 heterocycles. The Labute approximate surface area is 220 Å². The molecule has 196 valence electrons. The van der Waals surface area contributed by atoms with Crippen molar-refractivity contribution in [3.8, 4) is 5.75 Å². The molecule has 1 amide bonds. The van der Waals surface area contributed by atoms with Gasteiger partial charge in [-0.3, -0.25) is 14.7 Å². The third-order valence-corrected chi connectivity index (χ3v) is 7.22. The molecule has 0 bridgehead atoms. The lowest BCUT2D eigenvalue weighted by Crippen LogP contribution is -2.42. The number of ether oxygens (including phenoxy) is 2. The fourth-order valence-corrected chi connectivity index (χ4v) is 5.19. The van der Waals surface area contributed by atoms with Gasteiger partial charge < -0.3 is 24.3 Å². The van der Waals surface area contributed by atoms with Gasteiger partial charge in [0.15, 0.2) is 12.2 Å². The van der Waals surface area contributed by atoms with Gasteiger partial charge in [-0.05, 0) is 54.0 Å². The number of β-amino-alcohol motifs (C(OH)–C–C–N with tert-alkyl or cyclic N) is 1. The topological polar surface area (TPSA) is 110 Å². The van der Waals surface area contributed by atoms with Gasteiger partial charge in [0.05, 0.1) is 22.9 Å². The van der Waals surface area contributed by atoms with Crippen LogP contribution in [0.1, 0.15) is 39.2 Å². The highest BCUT2D eigenvalue weighted by Crippen LogP contribution is 2.34. The van der Waals surface area contributed by atoms with E-state index in [1.807, 2.05) is 18.2 Å². The maximum Gasteiger partial charge on any atom is 0.252 e. The molecule has 1 aromatic carbocycles. The zero-order valence-corrected chi connectivity index (χ0v) is 21.3. The number of aliphatic hydroxyl groups excluding tert-OH is 1. The van der Waals surface area contributed by atoms with E-state index in [-0.39, 0.29) is 19.1 Å². The van der Waals surface area contributed by atoms with Gasteiger partial charge in [0.25, 0.3) is 5.91 Å². The summed E-state index contributed by atoms with van der Waals surface area (Å²) in [4.78, 5) is 22.9. The molecular formula is C27H31ClN4O5. The predicted octanol–water partition coefficient (Wildman–Crippen LogP) is 3.03. The number of nitrogens with one attached hydrogen (secondary N) is 1. The van der Waals surface area contributed by atoms with Crippen LogP contribution in [0.4, 0.5) is 0 Å². The Morgan fingerprint density at radius 3 is 3.03 bits per heavy atom. The molecule has 0 saturated carbocycles. The van der Waals surface area contributed by atoms with Crippen molar-refractivity contribution >= 4 is 17.5 Å². The van der Waals surface area contributed by atoms with Gasteiger partial charge in [0.2, 0.25) is 0 Å². The molecule has 2 aliphatic heterocycles. The van der Waals surface area contributed by atoms with Crippen LogP contribution in [0.15, 0.2) is 47.6 Å². The number of carbonyl (C=O) groups excluding carboxylic acids is 1. The number of aromatic nitrogens is 2. The Morgan fingerprint density at radius 1 is 1.30 bits per heavy atom. The largest absolute Gasteiger partial charge is 0.484 e. The van der Waals surface area contributed by atoms with Crippen molar-refractivity contribution in [3.63, 3.8) is 0 Å². The molecule has 0 aliphatic carbocycles. The van der Waals surface area contributed by atoms with Crippen LogP contribution in [0.25, 0.3) is 0 Å². The minimum Gasteiger partial charge on any atom is -0.484 e. The van der Waals surface area contributed by atoms with Crippen molar-refractivity contribution in [1.29, 1.82) is 0 Å². The summed E-state index contributed by atoms with van der Waals surface area (Å²) in [6, 6.07) is 5.75. The van der Waals surface area contributed by atoms with Crippen LogP contribution in [0.5, 0.6) is 5.75 Å². The molecule has 0 radical (unpaired) electrons. The quantitative estimate of drug-likeness (QED) is 0.415. The molecule has 2 atom stereocenters. The third kappa shape index (κ3) is 6.67. The predicted molar refractivity (Wildman–Crippen MR) is 136 cm³/mol. The highest BCUT2D eigenvalue weighted by atomic mass is 35.5. The van der Waals surface area contributed by atoms with Crippen LogP contribution in [0.3, 0.4) is 0 Å². The minimum absolute atomic E-state index is 0.165. The molecule has 9 nitrogen and oxygen atoms in total. The van der Waals surface area contributed by atoms with Crippen LogP contribution < -0.4 is 10.1 Å².